The van der Waals surface area contributed by atoms with Crippen LogP contribution in [0.5, 0.6) is 0 Å². The van der Waals surface area contributed by atoms with Gasteiger partial charge in [-0.3, -0.25) is 14.4 Å². The minimum absolute atomic E-state index is 0.0279. The molecule has 0 radical (unpaired) electrons. The molecular weight excluding hydrogens is 359 g/mol. The maximum absolute atomic E-state index is 12.6. The number of aryl methyl sites for hydroxylation is 2. The van der Waals surface area contributed by atoms with Crippen molar-refractivity contribution in [3.8, 4) is 0 Å². The van der Waals surface area contributed by atoms with E-state index in [1.54, 1.807) is 18.2 Å². The predicted molar refractivity (Wildman–Crippen MR) is 101 cm³/mol. The number of halogens is 2. The van der Waals surface area contributed by atoms with Crippen LogP contribution in [0.3, 0.4) is 0 Å². The van der Waals surface area contributed by atoms with Gasteiger partial charge >= 0.3 is 0 Å². The van der Waals surface area contributed by atoms with Crippen molar-refractivity contribution in [2.24, 2.45) is 0 Å². The van der Waals surface area contributed by atoms with E-state index in [1.807, 2.05) is 16.5 Å². The Morgan fingerprint density at radius 2 is 1.80 bits per heavy atom. The standard InChI is InChI=1S/C18H22Cl2N4O/c1-13-11-14(2)24(21-13)10-7-22-5-8-23(9-6-22)18(25)16-4-3-15(19)12-17(16)20/h3-4,11-12H,5-10H2,1-2H3. The van der Waals surface area contributed by atoms with Crippen LogP contribution in [0, 0.1) is 13.8 Å². The van der Waals surface area contributed by atoms with Crippen molar-refractivity contribution in [2.75, 3.05) is 32.7 Å². The number of carbonyl (C=O) groups excluding carboxylic acids is 1. The van der Waals surface area contributed by atoms with Crippen LogP contribution in [0.25, 0.3) is 0 Å². The van der Waals surface area contributed by atoms with E-state index in [0.29, 0.717) is 28.7 Å². The van der Waals surface area contributed by atoms with E-state index in [1.165, 1.54) is 5.69 Å². The number of rotatable bonds is 4. The van der Waals surface area contributed by atoms with Gasteiger partial charge in [0, 0.05) is 43.4 Å². The first-order chi connectivity index (χ1) is 11.9. The van der Waals surface area contributed by atoms with Gasteiger partial charge in [-0.05, 0) is 38.1 Å². The Labute approximate surface area is 158 Å². The smallest absolute Gasteiger partial charge is 0.255 e. The highest BCUT2D eigenvalue weighted by Crippen LogP contribution is 2.22. The second kappa shape index (κ2) is 7.77. The lowest BCUT2D eigenvalue weighted by molar-refractivity contribution is 0.0632. The van der Waals surface area contributed by atoms with Crippen molar-refractivity contribution in [3.63, 3.8) is 0 Å². The molecule has 0 N–H and O–H groups in total. The van der Waals surface area contributed by atoms with E-state index in [-0.39, 0.29) is 5.91 Å². The Balaban J connectivity index is 1.53. The first kappa shape index (κ1) is 18.2. The van der Waals surface area contributed by atoms with Gasteiger partial charge in [0.05, 0.1) is 22.8 Å². The number of carbonyl (C=O) groups is 1. The average molecular weight is 381 g/mol. The summed E-state index contributed by atoms with van der Waals surface area (Å²) in [4.78, 5) is 16.9. The molecule has 0 saturated carbocycles. The summed E-state index contributed by atoms with van der Waals surface area (Å²) in [6.07, 6.45) is 0. The van der Waals surface area contributed by atoms with Crippen molar-refractivity contribution in [1.29, 1.82) is 0 Å². The summed E-state index contributed by atoms with van der Waals surface area (Å²) in [5, 5.41) is 5.44. The van der Waals surface area contributed by atoms with Gasteiger partial charge in [0.2, 0.25) is 0 Å². The lowest BCUT2D eigenvalue weighted by atomic mass is 10.2. The number of aromatic nitrogens is 2. The van der Waals surface area contributed by atoms with E-state index in [2.05, 4.69) is 23.0 Å². The zero-order valence-corrected chi connectivity index (χ0v) is 16.0. The summed E-state index contributed by atoms with van der Waals surface area (Å²) in [6.45, 7) is 9.01. The molecule has 1 aliphatic rings. The predicted octanol–water partition coefficient (Wildman–Crippen LogP) is 3.26. The molecule has 1 aliphatic heterocycles. The van der Waals surface area contributed by atoms with Crippen LogP contribution in [-0.4, -0.2) is 58.2 Å². The van der Waals surface area contributed by atoms with Crippen LogP contribution in [-0.2, 0) is 6.54 Å². The molecule has 0 unspecified atom stereocenters. The lowest BCUT2D eigenvalue weighted by Crippen LogP contribution is -2.49. The fourth-order valence-electron chi connectivity index (χ4n) is 3.15. The Morgan fingerprint density at radius 3 is 2.40 bits per heavy atom. The molecule has 134 valence electrons. The molecule has 1 amide bonds. The second-order valence-electron chi connectivity index (χ2n) is 6.41. The highest BCUT2D eigenvalue weighted by molar-refractivity contribution is 6.36. The average Bonchev–Trinajstić information content (AvgIpc) is 2.90. The van der Waals surface area contributed by atoms with Crippen molar-refractivity contribution >= 4 is 29.1 Å². The number of amides is 1. The number of hydrogen-bond acceptors (Lipinski definition) is 3. The molecule has 0 bridgehead atoms. The molecule has 1 saturated heterocycles. The van der Waals surface area contributed by atoms with Crippen molar-refractivity contribution in [3.05, 3.63) is 51.3 Å². The third-order valence-corrected chi connectivity index (χ3v) is 5.10. The number of nitrogens with zero attached hydrogens (tertiary/aromatic N) is 4. The summed E-state index contributed by atoms with van der Waals surface area (Å²) in [5.41, 5.74) is 2.75. The van der Waals surface area contributed by atoms with Gasteiger partial charge in [0.15, 0.2) is 0 Å². The summed E-state index contributed by atoms with van der Waals surface area (Å²) in [5.74, 6) is -0.0279. The van der Waals surface area contributed by atoms with E-state index >= 15 is 0 Å². The number of hydrogen-bond donors (Lipinski definition) is 0. The zero-order valence-electron chi connectivity index (χ0n) is 14.5. The fourth-order valence-corrected chi connectivity index (χ4v) is 3.63. The van der Waals surface area contributed by atoms with E-state index in [0.717, 1.165) is 31.9 Å². The van der Waals surface area contributed by atoms with Crippen LogP contribution >= 0.6 is 23.2 Å². The third-order valence-electron chi connectivity index (χ3n) is 4.55. The summed E-state index contributed by atoms with van der Waals surface area (Å²) in [7, 11) is 0. The highest BCUT2D eigenvalue weighted by atomic mass is 35.5. The normalized spacial score (nSPS) is 15.6. The van der Waals surface area contributed by atoms with Gasteiger partial charge in [-0.25, -0.2) is 0 Å². The lowest BCUT2D eigenvalue weighted by Gasteiger charge is -2.35. The molecule has 5 nitrogen and oxygen atoms in total. The maximum Gasteiger partial charge on any atom is 0.255 e. The minimum Gasteiger partial charge on any atom is -0.336 e. The molecule has 1 aromatic carbocycles. The monoisotopic (exact) mass is 380 g/mol. The molecule has 0 aliphatic carbocycles. The maximum atomic E-state index is 12.6. The molecule has 2 aromatic rings. The summed E-state index contributed by atoms with van der Waals surface area (Å²) >= 11 is 12.1. The fraction of sp³-hybridized carbons (Fsp3) is 0.444. The zero-order chi connectivity index (χ0) is 18.0. The van der Waals surface area contributed by atoms with Crippen molar-refractivity contribution < 1.29 is 4.79 Å². The minimum atomic E-state index is -0.0279. The van der Waals surface area contributed by atoms with E-state index in [4.69, 9.17) is 23.2 Å². The van der Waals surface area contributed by atoms with Gasteiger partial charge in [-0.15, -0.1) is 0 Å². The Morgan fingerprint density at radius 1 is 1.08 bits per heavy atom. The number of piperazine rings is 1. The van der Waals surface area contributed by atoms with E-state index in [9.17, 15) is 4.79 Å². The molecule has 0 spiro atoms. The van der Waals surface area contributed by atoms with Gasteiger partial charge in [-0.2, -0.15) is 5.10 Å². The molecule has 25 heavy (non-hydrogen) atoms. The SMILES string of the molecule is Cc1cc(C)n(CCN2CCN(C(=O)c3ccc(Cl)cc3Cl)CC2)n1. The third kappa shape index (κ3) is 4.35. The molecule has 7 heteroatoms. The topological polar surface area (TPSA) is 41.4 Å². The van der Waals surface area contributed by atoms with Crippen molar-refractivity contribution in [1.82, 2.24) is 19.6 Å². The molecule has 1 fully saturated rings. The molecule has 2 heterocycles. The van der Waals surface area contributed by atoms with Crippen LogP contribution in [0.4, 0.5) is 0 Å². The molecule has 1 aromatic heterocycles. The van der Waals surface area contributed by atoms with Crippen LogP contribution in [0.1, 0.15) is 21.7 Å². The van der Waals surface area contributed by atoms with Crippen LogP contribution in [0.2, 0.25) is 10.0 Å². The van der Waals surface area contributed by atoms with E-state index < -0.39 is 0 Å². The van der Waals surface area contributed by atoms with Gasteiger partial charge in [-0.1, -0.05) is 23.2 Å². The van der Waals surface area contributed by atoms with Crippen LogP contribution < -0.4 is 0 Å². The first-order valence-electron chi connectivity index (χ1n) is 8.42. The summed E-state index contributed by atoms with van der Waals surface area (Å²) in [6, 6.07) is 7.10. The molecule has 0 atom stereocenters. The quantitative estimate of drug-likeness (QED) is 0.817. The summed E-state index contributed by atoms with van der Waals surface area (Å²) < 4.78 is 2.04. The second-order valence-corrected chi connectivity index (χ2v) is 7.25. The van der Waals surface area contributed by atoms with Crippen molar-refractivity contribution in [2.45, 2.75) is 20.4 Å². The largest absolute Gasteiger partial charge is 0.336 e. The Hall–Kier alpha value is -1.56. The Bertz CT molecular complexity index is 766. The Kier molecular flexibility index (Phi) is 5.67. The first-order valence-corrected chi connectivity index (χ1v) is 9.17. The van der Waals surface area contributed by atoms with Gasteiger partial charge < -0.3 is 4.90 Å². The van der Waals surface area contributed by atoms with Gasteiger partial charge in [0.1, 0.15) is 0 Å². The molecule has 3 rings (SSSR count). The molecular formula is C18H22Cl2N4O. The number of benzene rings is 1. The highest BCUT2D eigenvalue weighted by Gasteiger charge is 2.23. The van der Waals surface area contributed by atoms with Crippen LogP contribution in [0.15, 0.2) is 24.3 Å². The van der Waals surface area contributed by atoms with Gasteiger partial charge in [0.25, 0.3) is 5.91 Å².